The molecule has 0 amide bonds. The molecule has 16 heavy (non-hydrogen) atoms. The van der Waals surface area contributed by atoms with Gasteiger partial charge in [-0.05, 0) is 24.6 Å². The van der Waals surface area contributed by atoms with E-state index in [9.17, 15) is 9.18 Å². The maximum atomic E-state index is 13.4. The van der Waals surface area contributed by atoms with Gasteiger partial charge < -0.3 is 16.6 Å². The van der Waals surface area contributed by atoms with Crippen LogP contribution in [0.25, 0.3) is 0 Å². The third kappa shape index (κ3) is 3.26. The molecule has 0 saturated carbocycles. The van der Waals surface area contributed by atoms with Crippen LogP contribution >= 0.6 is 15.9 Å². The smallest absolute Gasteiger partial charge is 0.320 e. The second kappa shape index (κ2) is 5.38. The summed E-state index contributed by atoms with van der Waals surface area (Å²) < 4.78 is 14.1. The Morgan fingerprint density at radius 3 is 2.69 bits per heavy atom. The monoisotopic (exact) mass is 290 g/mol. The van der Waals surface area contributed by atoms with E-state index >= 15 is 0 Å². The van der Waals surface area contributed by atoms with E-state index in [0.29, 0.717) is 4.47 Å². The predicted octanol–water partition coefficient (Wildman–Crippen LogP) is 1.39. The van der Waals surface area contributed by atoms with E-state index in [1.54, 1.807) is 6.07 Å². The van der Waals surface area contributed by atoms with Gasteiger partial charge in [0, 0.05) is 16.1 Å². The molecule has 0 radical (unpaired) electrons. The summed E-state index contributed by atoms with van der Waals surface area (Å²) >= 11 is 3.19. The van der Waals surface area contributed by atoms with Gasteiger partial charge in [-0.15, -0.1) is 0 Å². The fraction of sp³-hybridized carbons (Fsp3) is 0.300. The Bertz CT molecular complexity index is 400. The highest BCUT2D eigenvalue weighted by molar-refractivity contribution is 9.10. The van der Waals surface area contributed by atoms with Gasteiger partial charge in [0.05, 0.1) is 0 Å². The van der Waals surface area contributed by atoms with Crippen molar-refractivity contribution < 1.29 is 14.3 Å². The van der Waals surface area contributed by atoms with Crippen LogP contribution in [0.3, 0.4) is 0 Å². The molecule has 4 nitrogen and oxygen atoms in total. The molecule has 0 aliphatic carbocycles. The minimum Gasteiger partial charge on any atom is -0.480 e. The normalized spacial score (nSPS) is 14.5. The number of aliphatic carboxylic acids is 1. The van der Waals surface area contributed by atoms with Crippen molar-refractivity contribution >= 4 is 21.9 Å². The molecule has 0 fully saturated rings. The van der Waals surface area contributed by atoms with Gasteiger partial charge >= 0.3 is 5.97 Å². The van der Waals surface area contributed by atoms with E-state index in [2.05, 4.69) is 15.9 Å². The van der Waals surface area contributed by atoms with Gasteiger partial charge in [0.1, 0.15) is 11.9 Å². The SMILES string of the molecule is NC(CC(N)c1cc(Br)ccc1F)C(=O)O. The number of hydrogen-bond acceptors (Lipinski definition) is 3. The zero-order valence-corrected chi connectivity index (χ0v) is 9.95. The topological polar surface area (TPSA) is 89.3 Å². The number of nitrogens with two attached hydrogens (primary N) is 2. The first kappa shape index (κ1) is 13.1. The Balaban J connectivity index is 2.83. The average Bonchev–Trinajstić information content (AvgIpc) is 2.21. The number of benzene rings is 1. The van der Waals surface area contributed by atoms with Crippen molar-refractivity contribution in [3.05, 3.63) is 34.1 Å². The van der Waals surface area contributed by atoms with Crippen LogP contribution in [0.2, 0.25) is 0 Å². The highest BCUT2D eigenvalue weighted by Gasteiger charge is 2.19. The van der Waals surface area contributed by atoms with Crippen molar-refractivity contribution in [1.82, 2.24) is 0 Å². The summed E-state index contributed by atoms with van der Waals surface area (Å²) in [7, 11) is 0. The molecule has 6 heteroatoms. The van der Waals surface area contributed by atoms with Gasteiger partial charge in [-0.3, -0.25) is 4.79 Å². The van der Waals surface area contributed by atoms with E-state index in [-0.39, 0.29) is 12.0 Å². The van der Waals surface area contributed by atoms with Crippen LogP contribution in [0.15, 0.2) is 22.7 Å². The molecule has 1 aromatic rings. The lowest BCUT2D eigenvalue weighted by molar-refractivity contribution is -0.138. The quantitative estimate of drug-likeness (QED) is 0.782. The lowest BCUT2D eigenvalue weighted by Crippen LogP contribution is -2.34. The molecule has 1 aromatic carbocycles. The van der Waals surface area contributed by atoms with Gasteiger partial charge in [-0.25, -0.2) is 4.39 Å². The fourth-order valence-electron chi connectivity index (χ4n) is 1.30. The molecule has 0 aliphatic heterocycles. The number of carboxylic acid groups (broad SMARTS) is 1. The Hall–Kier alpha value is -0.980. The summed E-state index contributed by atoms with van der Waals surface area (Å²) in [6.45, 7) is 0. The van der Waals surface area contributed by atoms with Gasteiger partial charge in [0.25, 0.3) is 0 Å². The molecule has 5 N–H and O–H groups in total. The summed E-state index contributed by atoms with van der Waals surface area (Å²) in [5.74, 6) is -1.61. The van der Waals surface area contributed by atoms with Crippen LogP contribution in [0, 0.1) is 5.82 Å². The number of carboxylic acids is 1. The second-order valence-corrected chi connectivity index (χ2v) is 4.37. The maximum absolute atomic E-state index is 13.4. The lowest BCUT2D eigenvalue weighted by atomic mass is 10.0. The molecule has 0 saturated heterocycles. The highest BCUT2D eigenvalue weighted by Crippen LogP contribution is 2.22. The van der Waals surface area contributed by atoms with Crippen LogP contribution in [0.1, 0.15) is 18.0 Å². The molecule has 0 heterocycles. The maximum Gasteiger partial charge on any atom is 0.320 e. The van der Waals surface area contributed by atoms with E-state index in [1.165, 1.54) is 12.1 Å². The highest BCUT2D eigenvalue weighted by atomic mass is 79.9. The first-order valence-corrected chi connectivity index (χ1v) is 5.40. The van der Waals surface area contributed by atoms with Crippen molar-refractivity contribution in [2.24, 2.45) is 11.5 Å². The van der Waals surface area contributed by atoms with Crippen LogP contribution in [-0.4, -0.2) is 17.1 Å². The molecule has 0 bridgehead atoms. The first-order valence-electron chi connectivity index (χ1n) is 4.60. The summed E-state index contributed by atoms with van der Waals surface area (Å²) in [4.78, 5) is 10.5. The fourth-order valence-corrected chi connectivity index (χ4v) is 1.68. The molecular weight excluding hydrogens is 279 g/mol. The predicted molar refractivity (Wildman–Crippen MR) is 61.3 cm³/mol. The van der Waals surface area contributed by atoms with Crippen LogP contribution in [0.4, 0.5) is 4.39 Å². The molecule has 1 rings (SSSR count). The van der Waals surface area contributed by atoms with Crippen molar-refractivity contribution in [2.75, 3.05) is 0 Å². The standard InChI is InChI=1S/C10H12BrFN2O2/c11-5-1-2-7(12)6(3-5)8(13)4-9(14)10(15)16/h1-3,8-9H,4,13-14H2,(H,15,16). The third-order valence-corrected chi connectivity index (χ3v) is 2.68. The average molecular weight is 291 g/mol. The zero-order valence-electron chi connectivity index (χ0n) is 8.36. The van der Waals surface area contributed by atoms with E-state index < -0.39 is 23.9 Å². The summed E-state index contributed by atoms with van der Waals surface area (Å²) in [6.07, 6.45) is -0.0112. The Kier molecular flexibility index (Phi) is 4.40. The Morgan fingerprint density at radius 1 is 1.50 bits per heavy atom. The third-order valence-electron chi connectivity index (χ3n) is 2.18. The first-order chi connectivity index (χ1) is 7.41. The Morgan fingerprint density at radius 2 is 2.12 bits per heavy atom. The number of carbonyl (C=O) groups is 1. The largest absolute Gasteiger partial charge is 0.480 e. The van der Waals surface area contributed by atoms with Crippen LogP contribution in [0.5, 0.6) is 0 Å². The number of rotatable bonds is 4. The zero-order chi connectivity index (χ0) is 12.3. The molecule has 0 aliphatic rings. The summed E-state index contributed by atoms with van der Waals surface area (Å²) in [6, 6.07) is 2.51. The molecule has 88 valence electrons. The minimum atomic E-state index is -1.15. The molecule has 0 aromatic heterocycles. The number of hydrogen-bond donors (Lipinski definition) is 3. The van der Waals surface area contributed by atoms with E-state index in [1.807, 2.05) is 0 Å². The number of halogens is 2. The lowest BCUT2D eigenvalue weighted by Gasteiger charge is -2.15. The molecular formula is C10H12BrFN2O2. The minimum absolute atomic E-state index is 0.0112. The van der Waals surface area contributed by atoms with Gasteiger partial charge in [-0.2, -0.15) is 0 Å². The van der Waals surface area contributed by atoms with Crippen molar-refractivity contribution in [3.8, 4) is 0 Å². The van der Waals surface area contributed by atoms with Crippen LogP contribution in [-0.2, 0) is 4.79 Å². The summed E-state index contributed by atoms with van der Waals surface area (Å²) in [5.41, 5.74) is 11.3. The van der Waals surface area contributed by atoms with E-state index in [4.69, 9.17) is 16.6 Å². The molecule has 2 atom stereocenters. The van der Waals surface area contributed by atoms with E-state index in [0.717, 1.165) is 0 Å². The van der Waals surface area contributed by atoms with Crippen molar-refractivity contribution in [2.45, 2.75) is 18.5 Å². The van der Waals surface area contributed by atoms with Gasteiger partial charge in [0.2, 0.25) is 0 Å². The molecule has 0 spiro atoms. The summed E-state index contributed by atoms with van der Waals surface area (Å²) in [5, 5.41) is 8.62. The van der Waals surface area contributed by atoms with Crippen molar-refractivity contribution in [3.63, 3.8) is 0 Å². The van der Waals surface area contributed by atoms with Crippen LogP contribution < -0.4 is 11.5 Å². The van der Waals surface area contributed by atoms with Gasteiger partial charge in [0.15, 0.2) is 0 Å². The molecule has 2 unspecified atom stereocenters. The Labute approximate surface area is 101 Å². The second-order valence-electron chi connectivity index (χ2n) is 3.45. The van der Waals surface area contributed by atoms with Crippen molar-refractivity contribution in [1.29, 1.82) is 0 Å². The van der Waals surface area contributed by atoms with Gasteiger partial charge in [-0.1, -0.05) is 15.9 Å².